The van der Waals surface area contributed by atoms with Gasteiger partial charge in [-0.05, 0) is 30.7 Å². The fourth-order valence-electron chi connectivity index (χ4n) is 3.61. The molecule has 2 aromatic rings. The second-order valence-corrected chi connectivity index (χ2v) is 7.69. The number of aromatic nitrogens is 1. The van der Waals surface area contributed by atoms with Crippen molar-refractivity contribution in [3.05, 3.63) is 59.3 Å². The maximum Gasteiger partial charge on any atom is 0.417 e. The molecule has 9 heteroatoms. The Morgan fingerprint density at radius 1 is 1.03 bits per heavy atom. The summed E-state index contributed by atoms with van der Waals surface area (Å²) in [6.45, 7) is 4.17. The quantitative estimate of drug-likeness (QED) is 0.651. The van der Waals surface area contributed by atoms with Crippen molar-refractivity contribution in [1.82, 2.24) is 15.2 Å². The zero-order chi connectivity index (χ0) is 23.1. The second-order valence-electron chi connectivity index (χ2n) is 7.69. The summed E-state index contributed by atoms with van der Waals surface area (Å²) in [5, 5.41) is 2.86. The summed E-state index contributed by atoms with van der Waals surface area (Å²) in [6, 6.07) is 8.30. The highest BCUT2D eigenvalue weighted by Gasteiger charge is 2.36. The zero-order valence-corrected chi connectivity index (χ0v) is 18.0. The Labute approximate surface area is 185 Å². The minimum atomic E-state index is -4.58. The molecule has 0 radical (unpaired) electrons. The van der Waals surface area contributed by atoms with Crippen molar-refractivity contribution in [3.8, 4) is 0 Å². The van der Waals surface area contributed by atoms with Gasteiger partial charge in [0.2, 0.25) is 0 Å². The second kappa shape index (κ2) is 10.5. The summed E-state index contributed by atoms with van der Waals surface area (Å²) in [7, 11) is 0. The molecule has 3 rings (SSSR count). The standard InChI is InChI=1S/C23H27F3N4O2/c1-2-3-6-11-27-21(31)17-9-10-20(28-16-17)29-12-14-30(15-13-29)22(32)18-7-4-5-8-19(18)23(24,25)26/h4-5,7-10,16H,2-3,6,11-15H2,1H3,(H,27,31). The average molecular weight is 448 g/mol. The first-order valence-corrected chi connectivity index (χ1v) is 10.8. The fraction of sp³-hybridized carbons (Fsp3) is 0.435. The summed E-state index contributed by atoms with van der Waals surface area (Å²) in [5.74, 6) is -0.130. The minimum absolute atomic E-state index is 0.168. The third-order valence-electron chi connectivity index (χ3n) is 5.43. The van der Waals surface area contributed by atoms with Gasteiger partial charge in [-0.15, -0.1) is 0 Å². The number of carbonyl (C=O) groups is 2. The van der Waals surface area contributed by atoms with Gasteiger partial charge in [-0.1, -0.05) is 31.9 Å². The van der Waals surface area contributed by atoms with Crippen LogP contribution in [0.4, 0.5) is 19.0 Å². The summed E-state index contributed by atoms with van der Waals surface area (Å²) in [6.07, 6.45) is 0.0153. The number of nitrogens with zero attached hydrogens (tertiary/aromatic N) is 3. The van der Waals surface area contributed by atoms with E-state index in [-0.39, 0.29) is 24.6 Å². The number of carbonyl (C=O) groups excluding carboxylic acids is 2. The third-order valence-corrected chi connectivity index (χ3v) is 5.43. The van der Waals surface area contributed by atoms with Crippen LogP contribution in [0.2, 0.25) is 0 Å². The van der Waals surface area contributed by atoms with E-state index in [2.05, 4.69) is 17.2 Å². The molecule has 32 heavy (non-hydrogen) atoms. The van der Waals surface area contributed by atoms with E-state index in [1.807, 2.05) is 4.90 Å². The molecule has 1 aromatic carbocycles. The molecule has 1 aliphatic rings. The highest BCUT2D eigenvalue weighted by atomic mass is 19.4. The lowest BCUT2D eigenvalue weighted by Gasteiger charge is -2.35. The van der Waals surface area contributed by atoms with Crippen LogP contribution in [0.3, 0.4) is 0 Å². The smallest absolute Gasteiger partial charge is 0.353 e. The van der Waals surface area contributed by atoms with Crippen LogP contribution in [0.25, 0.3) is 0 Å². The van der Waals surface area contributed by atoms with Crippen LogP contribution in [-0.4, -0.2) is 54.4 Å². The first kappa shape index (κ1) is 23.6. The van der Waals surface area contributed by atoms with Crippen molar-refractivity contribution in [3.63, 3.8) is 0 Å². The van der Waals surface area contributed by atoms with E-state index in [0.717, 1.165) is 25.3 Å². The highest BCUT2D eigenvalue weighted by molar-refractivity contribution is 5.96. The molecule has 0 aliphatic carbocycles. The van der Waals surface area contributed by atoms with E-state index in [9.17, 15) is 22.8 Å². The Morgan fingerprint density at radius 3 is 2.38 bits per heavy atom. The van der Waals surface area contributed by atoms with Crippen molar-refractivity contribution in [2.45, 2.75) is 32.4 Å². The van der Waals surface area contributed by atoms with Crippen LogP contribution in [0.5, 0.6) is 0 Å². The van der Waals surface area contributed by atoms with E-state index in [4.69, 9.17) is 0 Å². The summed E-state index contributed by atoms with van der Waals surface area (Å²) in [4.78, 5) is 32.6. The monoisotopic (exact) mass is 448 g/mol. The topological polar surface area (TPSA) is 65.5 Å². The Balaban J connectivity index is 1.57. The van der Waals surface area contributed by atoms with Crippen molar-refractivity contribution < 1.29 is 22.8 Å². The van der Waals surface area contributed by atoms with Gasteiger partial charge in [-0.25, -0.2) is 4.98 Å². The van der Waals surface area contributed by atoms with E-state index >= 15 is 0 Å². The van der Waals surface area contributed by atoms with Crippen molar-refractivity contribution in [2.75, 3.05) is 37.6 Å². The number of rotatable bonds is 7. The SMILES string of the molecule is CCCCCNC(=O)c1ccc(N2CCN(C(=O)c3ccccc3C(F)(F)F)CC2)nc1. The number of alkyl halides is 3. The molecule has 1 aliphatic heterocycles. The number of unbranched alkanes of at least 4 members (excludes halogenated alkanes) is 2. The molecule has 2 amide bonds. The Hall–Kier alpha value is -3.10. The molecule has 0 spiro atoms. The first-order chi connectivity index (χ1) is 15.3. The zero-order valence-electron chi connectivity index (χ0n) is 18.0. The molecule has 6 nitrogen and oxygen atoms in total. The van der Waals surface area contributed by atoms with Crippen molar-refractivity contribution in [1.29, 1.82) is 0 Å². The fourth-order valence-corrected chi connectivity index (χ4v) is 3.61. The number of halogens is 3. The van der Waals surface area contributed by atoms with Crippen LogP contribution in [-0.2, 0) is 6.18 Å². The van der Waals surface area contributed by atoms with Crippen LogP contribution < -0.4 is 10.2 Å². The van der Waals surface area contributed by atoms with Crippen molar-refractivity contribution in [2.24, 2.45) is 0 Å². The number of nitrogens with one attached hydrogen (secondary N) is 1. The molecule has 172 valence electrons. The van der Waals surface area contributed by atoms with Crippen LogP contribution >= 0.6 is 0 Å². The summed E-state index contributed by atoms with van der Waals surface area (Å²) < 4.78 is 39.7. The van der Waals surface area contributed by atoms with Crippen LogP contribution in [0.1, 0.15) is 52.5 Å². The van der Waals surface area contributed by atoms with E-state index < -0.39 is 17.6 Å². The number of piperazine rings is 1. The van der Waals surface area contributed by atoms with E-state index in [1.165, 1.54) is 29.3 Å². The van der Waals surface area contributed by atoms with Gasteiger partial charge in [0.05, 0.1) is 16.7 Å². The lowest BCUT2D eigenvalue weighted by Crippen LogP contribution is -2.49. The van der Waals surface area contributed by atoms with Gasteiger partial charge in [-0.2, -0.15) is 13.2 Å². The van der Waals surface area contributed by atoms with Crippen LogP contribution in [0.15, 0.2) is 42.6 Å². The number of hydrogen-bond acceptors (Lipinski definition) is 4. The molecule has 1 N–H and O–H groups in total. The number of amides is 2. The molecule has 1 fully saturated rings. The highest BCUT2D eigenvalue weighted by Crippen LogP contribution is 2.32. The lowest BCUT2D eigenvalue weighted by atomic mass is 10.1. The summed E-state index contributed by atoms with van der Waals surface area (Å²) >= 11 is 0. The molecule has 1 aromatic heterocycles. The van der Waals surface area contributed by atoms with Gasteiger partial charge in [0, 0.05) is 38.9 Å². The number of anilines is 1. The van der Waals surface area contributed by atoms with Crippen LogP contribution in [0, 0.1) is 0 Å². The Bertz CT molecular complexity index is 924. The molecular formula is C23H27F3N4O2. The predicted molar refractivity (Wildman–Crippen MR) is 116 cm³/mol. The minimum Gasteiger partial charge on any atom is -0.353 e. The first-order valence-electron chi connectivity index (χ1n) is 10.8. The van der Waals surface area contributed by atoms with Gasteiger partial charge < -0.3 is 15.1 Å². The van der Waals surface area contributed by atoms with Gasteiger partial charge in [-0.3, -0.25) is 9.59 Å². The number of hydrogen-bond donors (Lipinski definition) is 1. The number of benzene rings is 1. The molecule has 0 unspecified atom stereocenters. The van der Waals surface area contributed by atoms with Gasteiger partial charge >= 0.3 is 6.18 Å². The molecule has 0 atom stereocenters. The Morgan fingerprint density at radius 2 is 1.75 bits per heavy atom. The Kier molecular flexibility index (Phi) is 7.71. The normalized spacial score (nSPS) is 14.4. The summed E-state index contributed by atoms with van der Waals surface area (Å²) in [5.41, 5.74) is -0.777. The number of pyridine rings is 1. The van der Waals surface area contributed by atoms with Gasteiger partial charge in [0.15, 0.2) is 0 Å². The van der Waals surface area contributed by atoms with Gasteiger partial charge in [0.25, 0.3) is 11.8 Å². The van der Waals surface area contributed by atoms with Crippen molar-refractivity contribution >= 4 is 17.6 Å². The van der Waals surface area contributed by atoms with E-state index in [1.54, 1.807) is 12.1 Å². The lowest BCUT2D eigenvalue weighted by molar-refractivity contribution is -0.138. The molecule has 0 saturated carbocycles. The molecular weight excluding hydrogens is 421 g/mol. The molecule has 0 bridgehead atoms. The largest absolute Gasteiger partial charge is 0.417 e. The maximum absolute atomic E-state index is 13.2. The molecule has 2 heterocycles. The third kappa shape index (κ3) is 5.77. The van der Waals surface area contributed by atoms with Gasteiger partial charge in [0.1, 0.15) is 5.82 Å². The molecule has 1 saturated heterocycles. The predicted octanol–water partition coefficient (Wildman–Crippen LogP) is 3.98. The van der Waals surface area contributed by atoms with E-state index in [0.29, 0.717) is 31.0 Å². The average Bonchev–Trinajstić information content (AvgIpc) is 2.81. The maximum atomic E-state index is 13.2.